The first-order valence-electron chi connectivity index (χ1n) is 10.0. The Hall–Kier alpha value is -1.94. The van der Waals surface area contributed by atoms with E-state index in [2.05, 4.69) is 4.72 Å². The molecule has 1 aliphatic rings. The number of rotatable bonds is 9. The summed E-state index contributed by atoms with van der Waals surface area (Å²) >= 11 is 0. The number of ether oxygens (including phenoxy) is 1. The van der Waals surface area contributed by atoms with Gasteiger partial charge in [0.25, 0.3) is 0 Å². The second kappa shape index (κ2) is 9.91. The second-order valence-corrected chi connectivity index (χ2v) is 11.1. The summed E-state index contributed by atoms with van der Waals surface area (Å²) in [6, 6.07) is 13.6. The number of hydrogen-bond donors (Lipinski definition) is 1. The summed E-state index contributed by atoms with van der Waals surface area (Å²) in [5.74, 6) is 0.411. The normalized spacial score (nSPS) is 15.8. The van der Waals surface area contributed by atoms with Crippen LogP contribution in [0.5, 0.6) is 5.75 Å². The molecule has 0 bridgehead atoms. The molecule has 3 rings (SSSR count). The third kappa shape index (κ3) is 6.04. The fraction of sp³-hybridized carbons (Fsp3) is 0.429. The fourth-order valence-corrected chi connectivity index (χ4v) is 6.10. The topological polar surface area (TPSA) is 92.8 Å². The number of nitrogens with zero attached hydrogens (tertiary/aromatic N) is 1. The number of sulfonamides is 2. The van der Waals surface area contributed by atoms with Crippen molar-refractivity contribution < 1.29 is 21.6 Å². The van der Waals surface area contributed by atoms with Crippen molar-refractivity contribution in [2.45, 2.75) is 36.8 Å². The van der Waals surface area contributed by atoms with E-state index in [1.807, 2.05) is 25.1 Å². The Labute approximate surface area is 179 Å². The predicted octanol–water partition coefficient (Wildman–Crippen LogP) is 2.67. The standard InChI is InChI=1S/C21H28N2O5S2/c1-18-7-3-4-8-19(18)17-29(24,25)22-13-16-28-20-9-11-21(12-10-20)30(26,27)23-14-5-2-6-15-23/h3-4,7-12,22H,2,5-6,13-17H2,1H3. The zero-order valence-electron chi connectivity index (χ0n) is 17.1. The summed E-state index contributed by atoms with van der Waals surface area (Å²) in [5, 5.41) is 0. The quantitative estimate of drug-likeness (QED) is 0.591. The molecule has 30 heavy (non-hydrogen) atoms. The van der Waals surface area contributed by atoms with Gasteiger partial charge in [0.15, 0.2) is 0 Å². The van der Waals surface area contributed by atoms with Crippen LogP contribution in [-0.4, -0.2) is 47.4 Å². The number of nitrogens with one attached hydrogen (secondary N) is 1. The van der Waals surface area contributed by atoms with Crippen LogP contribution in [0.4, 0.5) is 0 Å². The van der Waals surface area contributed by atoms with E-state index in [1.54, 1.807) is 18.2 Å². The van der Waals surface area contributed by atoms with Gasteiger partial charge in [0.1, 0.15) is 12.4 Å². The average Bonchev–Trinajstić information content (AvgIpc) is 2.74. The molecule has 0 radical (unpaired) electrons. The van der Waals surface area contributed by atoms with Gasteiger partial charge in [-0.05, 0) is 55.2 Å². The molecule has 164 valence electrons. The summed E-state index contributed by atoms with van der Waals surface area (Å²) in [6.07, 6.45) is 2.84. The number of hydrogen-bond acceptors (Lipinski definition) is 5. The summed E-state index contributed by atoms with van der Waals surface area (Å²) < 4.78 is 59.4. The van der Waals surface area contributed by atoms with E-state index in [0.717, 1.165) is 30.4 Å². The number of piperidine rings is 1. The highest BCUT2D eigenvalue weighted by molar-refractivity contribution is 7.89. The lowest BCUT2D eigenvalue weighted by Gasteiger charge is -2.25. The van der Waals surface area contributed by atoms with Crippen molar-refractivity contribution in [3.63, 3.8) is 0 Å². The smallest absolute Gasteiger partial charge is 0.243 e. The van der Waals surface area contributed by atoms with Gasteiger partial charge in [-0.15, -0.1) is 0 Å². The third-order valence-electron chi connectivity index (χ3n) is 5.08. The molecule has 1 N–H and O–H groups in total. The molecule has 0 amide bonds. The molecule has 1 aliphatic heterocycles. The van der Waals surface area contributed by atoms with Gasteiger partial charge in [-0.3, -0.25) is 0 Å². The maximum atomic E-state index is 12.7. The molecular weight excluding hydrogens is 424 g/mol. The summed E-state index contributed by atoms with van der Waals surface area (Å²) in [5.41, 5.74) is 1.69. The molecule has 1 saturated heterocycles. The minimum atomic E-state index is -3.47. The fourth-order valence-electron chi connectivity index (χ4n) is 3.36. The molecule has 9 heteroatoms. The van der Waals surface area contributed by atoms with E-state index < -0.39 is 20.0 Å². The van der Waals surface area contributed by atoms with Gasteiger partial charge < -0.3 is 4.74 Å². The first-order valence-corrected chi connectivity index (χ1v) is 13.1. The molecule has 1 fully saturated rings. The van der Waals surface area contributed by atoms with Crippen molar-refractivity contribution in [2.24, 2.45) is 0 Å². The van der Waals surface area contributed by atoms with Crippen molar-refractivity contribution >= 4 is 20.0 Å². The van der Waals surface area contributed by atoms with E-state index >= 15 is 0 Å². The van der Waals surface area contributed by atoms with E-state index in [1.165, 1.54) is 16.4 Å². The lowest BCUT2D eigenvalue weighted by molar-refractivity contribution is 0.322. The van der Waals surface area contributed by atoms with Crippen molar-refractivity contribution in [3.05, 3.63) is 59.7 Å². The van der Waals surface area contributed by atoms with E-state index in [0.29, 0.717) is 18.8 Å². The van der Waals surface area contributed by atoms with Gasteiger partial charge >= 0.3 is 0 Å². The Bertz CT molecular complexity index is 1050. The Kier molecular flexibility index (Phi) is 7.51. The van der Waals surface area contributed by atoms with Gasteiger partial charge in [-0.25, -0.2) is 21.6 Å². The Morgan fingerprint density at radius 2 is 1.60 bits per heavy atom. The molecule has 2 aromatic carbocycles. The van der Waals surface area contributed by atoms with Crippen LogP contribution >= 0.6 is 0 Å². The highest BCUT2D eigenvalue weighted by Crippen LogP contribution is 2.22. The molecule has 0 aromatic heterocycles. The molecule has 0 saturated carbocycles. The molecule has 0 unspecified atom stereocenters. The molecule has 2 aromatic rings. The molecule has 0 atom stereocenters. The first kappa shape index (κ1) is 22.7. The van der Waals surface area contributed by atoms with Gasteiger partial charge in [0, 0.05) is 19.6 Å². The predicted molar refractivity (Wildman–Crippen MR) is 116 cm³/mol. The van der Waals surface area contributed by atoms with Crippen molar-refractivity contribution in [1.82, 2.24) is 9.03 Å². The summed E-state index contributed by atoms with van der Waals surface area (Å²) in [7, 11) is -6.94. The van der Waals surface area contributed by atoms with Gasteiger partial charge in [0.05, 0.1) is 10.6 Å². The van der Waals surface area contributed by atoms with Crippen LogP contribution in [-0.2, 0) is 25.8 Å². The monoisotopic (exact) mass is 452 g/mol. The SMILES string of the molecule is Cc1ccccc1CS(=O)(=O)NCCOc1ccc(S(=O)(=O)N2CCCCC2)cc1. The average molecular weight is 453 g/mol. The van der Waals surface area contributed by atoms with Crippen LogP contribution in [0, 0.1) is 6.92 Å². The third-order valence-corrected chi connectivity index (χ3v) is 8.32. The van der Waals surface area contributed by atoms with Crippen LogP contribution < -0.4 is 9.46 Å². The zero-order chi connectivity index (χ0) is 21.6. The zero-order valence-corrected chi connectivity index (χ0v) is 18.7. The number of benzene rings is 2. The summed E-state index contributed by atoms with van der Waals surface area (Å²) in [6.45, 7) is 3.27. The Morgan fingerprint density at radius 1 is 0.933 bits per heavy atom. The van der Waals surface area contributed by atoms with Crippen molar-refractivity contribution in [1.29, 1.82) is 0 Å². The van der Waals surface area contributed by atoms with Gasteiger partial charge in [-0.1, -0.05) is 30.7 Å². The highest BCUT2D eigenvalue weighted by Gasteiger charge is 2.25. The molecular formula is C21H28N2O5S2. The van der Waals surface area contributed by atoms with Crippen LogP contribution in [0.1, 0.15) is 30.4 Å². The largest absolute Gasteiger partial charge is 0.492 e. The van der Waals surface area contributed by atoms with Gasteiger partial charge in [0.2, 0.25) is 20.0 Å². The lowest BCUT2D eigenvalue weighted by atomic mass is 10.1. The first-order chi connectivity index (χ1) is 14.3. The van der Waals surface area contributed by atoms with Crippen molar-refractivity contribution in [3.8, 4) is 5.75 Å². The minimum absolute atomic E-state index is 0.0806. The van der Waals surface area contributed by atoms with Crippen LogP contribution in [0.25, 0.3) is 0 Å². The molecule has 0 aliphatic carbocycles. The Balaban J connectivity index is 1.49. The molecule has 1 heterocycles. The lowest BCUT2D eigenvalue weighted by Crippen LogP contribution is -2.35. The highest BCUT2D eigenvalue weighted by atomic mass is 32.2. The van der Waals surface area contributed by atoms with E-state index in [4.69, 9.17) is 4.74 Å². The Morgan fingerprint density at radius 3 is 2.27 bits per heavy atom. The molecule has 0 spiro atoms. The number of aryl methyl sites for hydroxylation is 1. The van der Waals surface area contributed by atoms with Crippen LogP contribution in [0.15, 0.2) is 53.4 Å². The van der Waals surface area contributed by atoms with E-state index in [-0.39, 0.29) is 23.8 Å². The van der Waals surface area contributed by atoms with E-state index in [9.17, 15) is 16.8 Å². The van der Waals surface area contributed by atoms with Crippen LogP contribution in [0.3, 0.4) is 0 Å². The van der Waals surface area contributed by atoms with Crippen molar-refractivity contribution in [2.75, 3.05) is 26.2 Å². The maximum absolute atomic E-state index is 12.7. The minimum Gasteiger partial charge on any atom is -0.492 e. The van der Waals surface area contributed by atoms with Gasteiger partial charge in [-0.2, -0.15) is 4.31 Å². The maximum Gasteiger partial charge on any atom is 0.243 e. The second-order valence-electron chi connectivity index (χ2n) is 7.36. The molecule has 7 nitrogen and oxygen atoms in total. The summed E-state index contributed by atoms with van der Waals surface area (Å²) in [4.78, 5) is 0.246. The van der Waals surface area contributed by atoms with Crippen LogP contribution in [0.2, 0.25) is 0 Å².